The Labute approximate surface area is 710 Å². The molecule has 14 rings (SSSR count). The molecule has 20 heteroatoms. The lowest BCUT2D eigenvalue weighted by atomic mass is 9.93. The minimum absolute atomic E-state index is 0.276. The van der Waals surface area contributed by atoms with Crippen LogP contribution in [0, 0.1) is 0 Å². The number of furan rings is 1. The van der Waals surface area contributed by atoms with Crippen molar-refractivity contribution < 1.29 is 27.8 Å². The lowest BCUT2D eigenvalue weighted by Crippen LogP contribution is -2.07. The Kier molecular flexibility index (Phi) is 36.0. The van der Waals surface area contributed by atoms with Gasteiger partial charge >= 0.3 is 0 Å². The van der Waals surface area contributed by atoms with E-state index < -0.39 is 0 Å². The van der Waals surface area contributed by atoms with Crippen LogP contribution in [-0.4, -0.2) is 92.7 Å². The van der Waals surface area contributed by atoms with Gasteiger partial charge < -0.3 is 27.8 Å². The lowest BCUT2D eigenvalue weighted by molar-refractivity contribution is 0.350. The van der Waals surface area contributed by atoms with E-state index in [-0.39, 0.29) is 11.8 Å². The van der Waals surface area contributed by atoms with Gasteiger partial charge in [0.25, 0.3) is 0 Å². The summed E-state index contributed by atoms with van der Waals surface area (Å²) in [5.74, 6) is 11.3. The Morgan fingerprint density at radius 2 is 0.839 bits per heavy atom. The molecular formula is C98H141N13O6S. The molecule has 640 valence electrons. The van der Waals surface area contributed by atoms with Gasteiger partial charge in [0.15, 0.2) is 17.8 Å². The number of thiazole rings is 1. The molecule has 19 nitrogen and oxygen atoms in total. The molecule has 1 aliphatic carbocycles. The van der Waals surface area contributed by atoms with Gasteiger partial charge in [0.05, 0.1) is 83.6 Å². The van der Waals surface area contributed by atoms with Crippen molar-refractivity contribution >= 4 is 49.7 Å². The molecule has 11 aromatic rings. The van der Waals surface area contributed by atoms with E-state index in [2.05, 4.69) is 277 Å². The zero-order chi connectivity index (χ0) is 87.4. The molecule has 118 heavy (non-hydrogen) atoms. The average Bonchev–Trinajstić information content (AvgIpc) is 1.61. The van der Waals surface area contributed by atoms with Crippen molar-refractivity contribution in [2.75, 3.05) is 27.4 Å². The van der Waals surface area contributed by atoms with Crippen LogP contribution in [0.5, 0.6) is 23.1 Å². The highest BCUT2D eigenvalue weighted by atomic mass is 32.1. The predicted molar refractivity (Wildman–Crippen MR) is 487 cm³/mol. The van der Waals surface area contributed by atoms with E-state index in [1.54, 1.807) is 31.8 Å². The van der Waals surface area contributed by atoms with E-state index >= 15 is 0 Å². The summed E-state index contributed by atoms with van der Waals surface area (Å²) in [7, 11) is 3.28. The molecule has 0 radical (unpaired) electrons. The van der Waals surface area contributed by atoms with Gasteiger partial charge in [-0.2, -0.15) is 15.2 Å². The number of hydrogen-bond donors (Lipinski definition) is 0. The number of ether oxygens (including phenoxy) is 4. The van der Waals surface area contributed by atoms with Crippen LogP contribution in [-0.2, 0) is 19.3 Å². The monoisotopic (exact) mass is 1630 g/mol. The third kappa shape index (κ3) is 24.1. The van der Waals surface area contributed by atoms with Gasteiger partial charge in [0.2, 0.25) is 5.88 Å². The predicted octanol–water partition coefficient (Wildman–Crippen LogP) is 26.8. The van der Waals surface area contributed by atoms with E-state index in [4.69, 9.17) is 27.8 Å². The largest absolute Gasteiger partial charge is 0.495 e. The maximum absolute atomic E-state index is 5.74. The number of fused-ring (bicyclic) bond motifs is 6. The van der Waals surface area contributed by atoms with Crippen molar-refractivity contribution in [2.45, 2.75) is 336 Å². The van der Waals surface area contributed by atoms with Gasteiger partial charge in [0.1, 0.15) is 39.7 Å². The normalized spacial score (nSPS) is 12.6. The summed E-state index contributed by atoms with van der Waals surface area (Å²) in [6.07, 6.45) is 22.9. The Morgan fingerprint density at radius 3 is 1.37 bits per heavy atom. The summed E-state index contributed by atoms with van der Waals surface area (Å²) in [6, 6.07) is 4.00. The molecule has 2 aliphatic heterocycles. The molecule has 0 unspecified atom stereocenters. The number of rotatable bonds is 18. The van der Waals surface area contributed by atoms with E-state index in [9.17, 15) is 0 Å². The lowest BCUT2D eigenvalue weighted by Gasteiger charge is -2.16. The zero-order valence-corrected chi connectivity index (χ0v) is 78.8. The van der Waals surface area contributed by atoms with Gasteiger partial charge in [-0.3, -0.25) is 29.9 Å². The molecule has 0 fully saturated rings. The second-order valence-corrected chi connectivity index (χ2v) is 36.7. The Morgan fingerprint density at radius 1 is 0.364 bits per heavy atom. The van der Waals surface area contributed by atoms with Gasteiger partial charge in [-0.25, -0.2) is 9.97 Å². The number of hydrogen-bond acceptors (Lipinski definition) is 20. The third-order valence-corrected chi connectivity index (χ3v) is 21.8. The number of aromatic nitrogens is 13. The van der Waals surface area contributed by atoms with Gasteiger partial charge in [-0.05, 0) is 112 Å². The first kappa shape index (κ1) is 96.0. The summed E-state index contributed by atoms with van der Waals surface area (Å²) in [5, 5.41) is 17.7. The Bertz CT molecular complexity index is 4460. The molecule has 0 saturated heterocycles. The molecule has 0 spiro atoms. The second-order valence-electron chi connectivity index (χ2n) is 35.9. The number of allylic oxidation sites excluding steroid dienone is 1. The zero-order valence-electron chi connectivity index (χ0n) is 78.0. The van der Waals surface area contributed by atoms with Crippen molar-refractivity contribution in [2.24, 2.45) is 0 Å². The molecule has 0 amide bonds. The molecule has 13 heterocycles. The van der Waals surface area contributed by atoms with Crippen LogP contribution in [0.25, 0.3) is 38.4 Å². The van der Waals surface area contributed by atoms with Crippen LogP contribution in [0.2, 0.25) is 0 Å². The molecule has 0 N–H and O–H groups in total. The molecule has 0 aromatic carbocycles. The average molecular weight is 1630 g/mol. The molecule has 0 saturated carbocycles. The van der Waals surface area contributed by atoms with E-state index in [0.29, 0.717) is 88.7 Å². The van der Waals surface area contributed by atoms with E-state index in [1.165, 1.54) is 78.2 Å². The smallest absolute Gasteiger partial charge is 0.239 e. The van der Waals surface area contributed by atoms with Crippen LogP contribution < -0.4 is 18.9 Å². The summed E-state index contributed by atoms with van der Waals surface area (Å²) >= 11 is 1.70. The van der Waals surface area contributed by atoms with Gasteiger partial charge in [-0.1, -0.05) is 234 Å². The second kappa shape index (κ2) is 44.2. The fraction of sp³-hybridized carbons (Fsp3) is 0.561. The third-order valence-electron chi connectivity index (χ3n) is 21.0. The fourth-order valence-electron chi connectivity index (χ4n) is 14.2. The molecule has 11 aromatic heterocycles. The van der Waals surface area contributed by atoms with Crippen LogP contribution in [0.1, 0.15) is 429 Å². The van der Waals surface area contributed by atoms with Crippen molar-refractivity contribution in [3.8, 4) is 23.1 Å². The quantitative estimate of drug-likeness (QED) is 0.0777. The van der Waals surface area contributed by atoms with E-state index in [0.717, 1.165) is 123 Å². The molecule has 0 bridgehead atoms. The summed E-state index contributed by atoms with van der Waals surface area (Å²) in [4.78, 5) is 40.4. The van der Waals surface area contributed by atoms with Crippen LogP contribution in [0.4, 0.5) is 0 Å². The summed E-state index contributed by atoms with van der Waals surface area (Å²) < 4.78 is 34.2. The first-order chi connectivity index (χ1) is 55.8. The number of nitrogens with zero attached hydrogens (tertiary/aromatic N) is 13. The minimum Gasteiger partial charge on any atom is -0.495 e. The first-order valence-electron chi connectivity index (χ1n) is 43.2. The van der Waals surface area contributed by atoms with Crippen LogP contribution in [0.3, 0.4) is 0 Å². The standard InChI is InChI=1S/C14H19N.C13H19NO.C13H17NO.C13H19NO.C12H16N2O.C12H16N2S.C11H18N2O.C10H17N3O/c1-9(2)13-8-15-14(10(3)4)12-7-5-6-11(12)13;2*1-8(2)11-7-14-12(9(3)4)10-5-6-15-13(10)11;1-8(2)11-7-14-12(9(3)4)13-10(11)5-6-15-13;2*1-7(2)9-5-13-10(8(3)4)12-11(9)14-6-15-12;1-7(2)9-6-10(14-5)11(8(3)4)13-12-9;1-6(2)8-10(14-5)11-9(7(3)4)13-12-8/h5,7-10H,6H2,1-4H3;7-9H,5-6H2,1-4H3;5-9H,1-4H3;7-9H,5-6H2,1-4H3;2*5-8H,1-4H3;6-8H,1-5H3;6-7H,1-5H3. The molecule has 0 atom stereocenters. The van der Waals surface area contributed by atoms with E-state index in [1.807, 2.05) is 76.3 Å². The van der Waals surface area contributed by atoms with Gasteiger partial charge in [-0.15, -0.1) is 21.5 Å². The van der Waals surface area contributed by atoms with Crippen molar-refractivity contribution in [1.29, 1.82) is 0 Å². The maximum atomic E-state index is 5.74. The topological polar surface area (TPSA) is 231 Å². The summed E-state index contributed by atoms with van der Waals surface area (Å²) in [5.41, 5.74) is 28.7. The Balaban J connectivity index is 0.000000186. The Hall–Kier alpha value is -9.17. The number of methoxy groups -OCH3 is 2. The van der Waals surface area contributed by atoms with Crippen molar-refractivity contribution in [1.82, 2.24) is 65.3 Å². The van der Waals surface area contributed by atoms with Crippen LogP contribution in [0.15, 0.2) is 82.4 Å². The number of pyridine rings is 6. The maximum Gasteiger partial charge on any atom is 0.239 e. The highest BCUT2D eigenvalue weighted by molar-refractivity contribution is 7.17. The highest BCUT2D eigenvalue weighted by Gasteiger charge is 2.27. The van der Waals surface area contributed by atoms with Gasteiger partial charge in [0, 0.05) is 118 Å². The number of oxazole rings is 1. The van der Waals surface area contributed by atoms with Crippen molar-refractivity contribution in [3.05, 3.63) is 186 Å². The SMILES string of the molecule is CC(C)c1cnc(C(C)C)c2c1CC=C2.CC(C)c1cnc(C(C)C)c2c1CCO2.CC(C)c1cnc(C(C)C)c2c1OCC2.CC(C)c1cnc(C(C)C)c2ocnc12.CC(C)c1cnc(C(C)C)c2scnc12.CC(C)c1ncc(C(C)C)c2occc12.COc1cc(C(C)C)nnc1C(C)C.COc1nc(C(C)C)nnc1C(C)C. The van der Waals surface area contributed by atoms with Crippen LogP contribution >= 0.6 is 11.3 Å². The highest BCUT2D eigenvalue weighted by Crippen LogP contribution is 2.41. The fourth-order valence-corrected chi connectivity index (χ4v) is 15.2. The first-order valence-corrected chi connectivity index (χ1v) is 44.1. The minimum atomic E-state index is 0.276. The summed E-state index contributed by atoms with van der Waals surface area (Å²) in [6.45, 7) is 70.4. The molecule has 3 aliphatic rings. The van der Waals surface area contributed by atoms with Crippen molar-refractivity contribution in [3.63, 3.8) is 0 Å². The molecular weight excluding hydrogens is 1490 g/mol.